The molecule has 0 saturated heterocycles. The minimum absolute atomic E-state index is 0.302. The number of hydrogen-bond acceptors (Lipinski definition) is 3. The average molecular weight is 250 g/mol. The molecule has 0 fully saturated rings. The van der Waals surface area contributed by atoms with Gasteiger partial charge in [-0.05, 0) is 22.0 Å². The molecule has 5 heteroatoms. The third-order valence-electron chi connectivity index (χ3n) is 1.39. The molecule has 1 aromatic heterocycles. The highest BCUT2D eigenvalue weighted by molar-refractivity contribution is 9.10. The van der Waals surface area contributed by atoms with Crippen molar-refractivity contribution >= 4 is 38.2 Å². The van der Waals surface area contributed by atoms with Crippen LogP contribution in [0.15, 0.2) is 15.9 Å². The van der Waals surface area contributed by atoms with Crippen molar-refractivity contribution < 1.29 is 9.90 Å². The molecular formula is C7H8BrNO2S. The van der Waals surface area contributed by atoms with E-state index in [1.807, 2.05) is 11.4 Å². The number of nitrogens with zero attached hydrogens (tertiary/aromatic N) is 1. The molecule has 1 amide bonds. The Labute approximate surface area is 82.7 Å². The Balaban J connectivity index is 2.77. The monoisotopic (exact) mass is 249 g/mol. The number of hydrogen-bond donors (Lipinski definition) is 1. The summed E-state index contributed by atoms with van der Waals surface area (Å²) in [7, 11) is 1.64. The van der Waals surface area contributed by atoms with Crippen molar-refractivity contribution in [3.8, 4) is 0 Å². The number of halogens is 1. The highest BCUT2D eigenvalue weighted by Crippen LogP contribution is 2.27. The molecule has 3 nitrogen and oxygen atoms in total. The molecule has 0 aliphatic carbocycles. The van der Waals surface area contributed by atoms with Gasteiger partial charge >= 0.3 is 0 Å². The zero-order valence-electron chi connectivity index (χ0n) is 6.45. The Bertz CT molecular complexity index is 287. The van der Waals surface area contributed by atoms with Crippen molar-refractivity contribution in [1.29, 1.82) is 0 Å². The Morgan fingerprint density at radius 2 is 2.50 bits per heavy atom. The maximum absolute atomic E-state index is 11.0. The van der Waals surface area contributed by atoms with Crippen molar-refractivity contribution in [2.24, 2.45) is 0 Å². The van der Waals surface area contributed by atoms with E-state index in [-0.39, 0.29) is 5.91 Å². The summed E-state index contributed by atoms with van der Waals surface area (Å²) in [6.45, 7) is -0.452. The average Bonchev–Trinajstić information content (AvgIpc) is 2.49. The summed E-state index contributed by atoms with van der Waals surface area (Å²) in [4.78, 5) is 12.4. The first kappa shape index (κ1) is 9.70. The summed E-state index contributed by atoms with van der Waals surface area (Å²) < 4.78 is 0.945. The van der Waals surface area contributed by atoms with Crippen molar-refractivity contribution in [2.45, 2.75) is 0 Å². The number of amides is 1. The zero-order valence-corrected chi connectivity index (χ0v) is 8.85. The molecule has 1 aromatic rings. The quantitative estimate of drug-likeness (QED) is 0.863. The van der Waals surface area contributed by atoms with E-state index in [4.69, 9.17) is 5.11 Å². The summed E-state index contributed by atoms with van der Waals surface area (Å²) in [6.07, 6.45) is 0. The van der Waals surface area contributed by atoms with Crippen LogP contribution in [0.3, 0.4) is 0 Å². The van der Waals surface area contributed by atoms with Gasteiger partial charge in [-0.1, -0.05) is 0 Å². The second kappa shape index (κ2) is 4.02. The molecule has 0 aromatic carbocycles. The lowest BCUT2D eigenvalue weighted by atomic mass is 10.5. The van der Waals surface area contributed by atoms with E-state index in [0.29, 0.717) is 0 Å². The van der Waals surface area contributed by atoms with Crippen molar-refractivity contribution in [3.63, 3.8) is 0 Å². The predicted octanol–water partition coefficient (Wildman–Crippen LogP) is 1.47. The van der Waals surface area contributed by atoms with Gasteiger partial charge in [-0.2, -0.15) is 0 Å². The normalized spacial score (nSPS) is 9.92. The highest BCUT2D eigenvalue weighted by Gasteiger charge is 2.10. The van der Waals surface area contributed by atoms with Gasteiger partial charge in [0, 0.05) is 16.9 Å². The van der Waals surface area contributed by atoms with Crippen LogP contribution >= 0.6 is 27.3 Å². The summed E-state index contributed by atoms with van der Waals surface area (Å²) >= 11 is 4.73. The molecule has 0 saturated carbocycles. The van der Waals surface area contributed by atoms with E-state index >= 15 is 0 Å². The fraction of sp³-hybridized carbons (Fsp3) is 0.286. The number of anilines is 1. The van der Waals surface area contributed by atoms with Crippen LogP contribution in [0.1, 0.15) is 0 Å². The minimum Gasteiger partial charge on any atom is -0.387 e. The maximum Gasteiger partial charge on any atom is 0.253 e. The molecule has 0 unspecified atom stereocenters. The van der Waals surface area contributed by atoms with Gasteiger partial charge in [0.2, 0.25) is 0 Å². The summed E-state index contributed by atoms with van der Waals surface area (Å²) in [5.74, 6) is -0.302. The second-order valence-electron chi connectivity index (χ2n) is 2.21. The lowest BCUT2D eigenvalue weighted by Crippen LogP contribution is -2.27. The van der Waals surface area contributed by atoms with Crippen molar-refractivity contribution in [2.75, 3.05) is 18.6 Å². The molecule has 0 atom stereocenters. The van der Waals surface area contributed by atoms with Crippen LogP contribution < -0.4 is 4.90 Å². The lowest BCUT2D eigenvalue weighted by molar-refractivity contribution is -0.120. The first-order valence-corrected chi connectivity index (χ1v) is 4.94. The van der Waals surface area contributed by atoms with Gasteiger partial charge < -0.3 is 10.0 Å². The maximum atomic E-state index is 11.0. The Hall–Kier alpha value is -0.390. The zero-order chi connectivity index (χ0) is 9.14. The van der Waals surface area contributed by atoms with Crippen LogP contribution in [0.2, 0.25) is 0 Å². The van der Waals surface area contributed by atoms with E-state index in [1.54, 1.807) is 7.05 Å². The van der Waals surface area contributed by atoms with E-state index in [9.17, 15) is 4.79 Å². The van der Waals surface area contributed by atoms with Gasteiger partial charge in [-0.25, -0.2) is 0 Å². The molecule has 0 spiro atoms. The van der Waals surface area contributed by atoms with Crippen LogP contribution in [0.4, 0.5) is 5.00 Å². The number of carbonyl (C=O) groups is 1. The smallest absolute Gasteiger partial charge is 0.253 e. The van der Waals surface area contributed by atoms with Crippen LogP contribution in [0, 0.1) is 0 Å². The largest absolute Gasteiger partial charge is 0.387 e. The van der Waals surface area contributed by atoms with Gasteiger partial charge in [0.15, 0.2) is 0 Å². The van der Waals surface area contributed by atoms with Gasteiger partial charge in [-0.15, -0.1) is 11.3 Å². The summed E-state index contributed by atoms with van der Waals surface area (Å²) in [5.41, 5.74) is 0. The van der Waals surface area contributed by atoms with E-state index in [2.05, 4.69) is 15.9 Å². The SMILES string of the molecule is CN(C(=O)CO)c1cc(Br)cs1. The first-order chi connectivity index (χ1) is 5.65. The number of aliphatic hydroxyl groups is 1. The fourth-order valence-corrected chi connectivity index (χ4v) is 2.11. The fourth-order valence-electron chi connectivity index (χ4n) is 0.708. The Morgan fingerprint density at radius 1 is 1.83 bits per heavy atom. The molecule has 1 rings (SSSR count). The van der Waals surface area contributed by atoms with Gasteiger partial charge in [0.25, 0.3) is 5.91 Å². The standard InChI is InChI=1S/C7H8BrNO2S/c1-9(6(11)3-10)7-2-5(8)4-12-7/h2,4,10H,3H2,1H3. The molecular weight excluding hydrogens is 242 g/mol. The second-order valence-corrected chi connectivity index (χ2v) is 4.02. The molecule has 0 aliphatic heterocycles. The number of rotatable bonds is 2. The first-order valence-electron chi connectivity index (χ1n) is 3.26. The molecule has 0 radical (unpaired) electrons. The molecule has 0 bridgehead atoms. The molecule has 0 aliphatic rings. The van der Waals surface area contributed by atoms with Crippen LogP contribution in [0.25, 0.3) is 0 Å². The molecule has 1 heterocycles. The third-order valence-corrected chi connectivity index (χ3v) is 3.16. The minimum atomic E-state index is -0.452. The van der Waals surface area contributed by atoms with E-state index < -0.39 is 6.61 Å². The van der Waals surface area contributed by atoms with E-state index in [0.717, 1.165) is 9.47 Å². The molecule has 12 heavy (non-hydrogen) atoms. The van der Waals surface area contributed by atoms with Gasteiger partial charge in [-0.3, -0.25) is 4.79 Å². The predicted molar refractivity (Wildman–Crippen MR) is 52.5 cm³/mol. The number of carbonyl (C=O) groups excluding carboxylic acids is 1. The number of thiophene rings is 1. The van der Waals surface area contributed by atoms with Gasteiger partial charge in [0.05, 0.1) is 5.00 Å². The van der Waals surface area contributed by atoms with Crippen molar-refractivity contribution in [1.82, 2.24) is 0 Å². The highest BCUT2D eigenvalue weighted by atomic mass is 79.9. The topological polar surface area (TPSA) is 40.5 Å². The van der Waals surface area contributed by atoms with Crippen LogP contribution in [0.5, 0.6) is 0 Å². The summed E-state index contributed by atoms with van der Waals surface area (Å²) in [5, 5.41) is 11.3. The van der Waals surface area contributed by atoms with Gasteiger partial charge in [0.1, 0.15) is 6.61 Å². The van der Waals surface area contributed by atoms with Crippen LogP contribution in [-0.2, 0) is 4.79 Å². The number of aliphatic hydroxyl groups excluding tert-OH is 1. The molecule has 1 N–H and O–H groups in total. The Morgan fingerprint density at radius 3 is 2.92 bits per heavy atom. The lowest BCUT2D eigenvalue weighted by Gasteiger charge is -2.12. The molecule has 66 valence electrons. The summed E-state index contributed by atoms with van der Waals surface area (Å²) in [6, 6.07) is 1.83. The van der Waals surface area contributed by atoms with Crippen molar-refractivity contribution in [3.05, 3.63) is 15.9 Å². The number of likely N-dealkylation sites (N-methyl/N-ethyl adjacent to an activating group) is 1. The third kappa shape index (κ3) is 2.06. The van der Waals surface area contributed by atoms with Crippen LogP contribution in [-0.4, -0.2) is 24.7 Å². The Kier molecular flexibility index (Phi) is 3.25. The van der Waals surface area contributed by atoms with E-state index in [1.165, 1.54) is 16.2 Å².